The molecule has 0 atom stereocenters. The first kappa shape index (κ1) is 17.9. The van der Waals surface area contributed by atoms with Gasteiger partial charge in [-0.1, -0.05) is 6.92 Å². The molecule has 2 aromatic rings. The van der Waals surface area contributed by atoms with Crippen LogP contribution in [0.4, 0.5) is 4.39 Å². The van der Waals surface area contributed by atoms with Crippen molar-refractivity contribution in [3.63, 3.8) is 0 Å². The number of rotatable bonds is 6. The van der Waals surface area contributed by atoms with E-state index in [0.717, 1.165) is 0 Å². The fourth-order valence-electron chi connectivity index (χ4n) is 2.84. The summed E-state index contributed by atoms with van der Waals surface area (Å²) in [5, 5.41) is 11.7. The highest BCUT2D eigenvalue weighted by atomic mass is 32.2. The summed E-state index contributed by atoms with van der Waals surface area (Å²) in [6.07, 6.45) is 0.620. The monoisotopic (exact) mass is 368 g/mol. The molecule has 10 heteroatoms. The van der Waals surface area contributed by atoms with E-state index in [1.165, 1.54) is 12.1 Å². The van der Waals surface area contributed by atoms with Crippen molar-refractivity contribution < 1.29 is 12.8 Å². The van der Waals surface area contributed by atoms with Crippen molar-refractivity contribution in [2.75, 3.05) is 31.9 Å². The van der Waals surface area contributed by atoms with E-state index >= 15 is 0 Å². The predicted molar refractivity (Wildman–Crippen MR) is 90.0 cm³/mol. The summed E-state index contributed by atoms with van der Waals surface area (Å²) in [6.45, 7) is 4.56. The van der Waals surface area contributed by atoms with Gasteiger partial charge < -0.3 is 0 Å². The zero-order chi connectivity index (χ0) is 17.9. The number of nitrogens with zero attached hydrogens (tertiary/aromatic N) is 6. The smallest absolute Gasteiger partial charge is 0.214 e. The van der Waals surface area contributed by atoms with Crippen molar-refractivity contribution in [3.05, 3.63) is 35.9 Å². The fraction of sp³-hybridized carbons (Fsp3) is 0.533. The summed E-state index contributed by atoms with van der Waals surface area (Å²) in [7, 11) is -3.15. The number of aromatic nitrogens is 4. The van der Waals surface area contributed by atoms with E-state index in [1.54, 1.807) is 21.1 Å². The van der Waals surface area contributed by atoms with Gasteiger partial charge in [-0.2, -0.15) is 8.99 Å². The lowest BCUT2D eigenvalue weighted by Crippen LogP contribution is -2.49. The molecule has 0 unspecified atom stereocenters. The van der Waals surface area contributed by atoms with Crippen molar-refractivity contribution >= 4 is 10.0 Å². The zero-order valence-corrected chi connectivity index (χ0v) is 14.9. The normalized spacial score (nSPS) is 17.0. The van der Waals surface area contributed by atoms with E-state index in [1.807, 2.05) is 6.92 Å². The molecule has 0 spiro atoms. The first-order valence-electron chi connectivity index (χ1n) is 8.23. The molecule has 1 aliphatic heterocycles. The molecule has 0 bridgehead atoms. The van der Waals surface area contributed by atoms with Gasteiger partial charge in [0.25, 0.3) is 0 Å². The van der Waals surface area contributed by atoms with Crippen molar-refractivity contribution in [3.8, 4) is 5.69 Å². The van der Waals surface area contributed by atoms with E-state index in [0.29, 0.717) is 50.7 Å². The van der Waals surface area contributed by atoms with E-state index in [4.69, 9.17) is 0 Å². The van der Waals surface area contributed by atoms with Crippen LogP contribution < -0.4 is 0 Å². The minimum absolute atomic E-state index is 0.190. The zero-order valence-electron chi connectivity index (χ0n) is 14.0. The average Bonchev–Trinajstić information content (AvgIpc) is 3.04. The van der Waals surface area contributed by atoms with Crippen LogP contribution in [0.3, 0.4) is 0 Å². The Hall–Kier alpha value is -1.91. The molecule has 1 fully saturated rings. The maximum atomic E-state index is 13.1. The molecule has 0 radical (unpaired) electrons. The Bertz CT molecular complexity index is 800. The SMILES string of the molecule is CCCS(=O)(=O)N1CCN(Cc2nnnn2-c2ccc(F)cc2)CC1. The number of tetrazole rings is 1. The van der Waals surface area contributed by atoms with E-state index in [2.05, 4.69) is 20.4 Å². The van der Waals surface area contributed by atoms with Gasteiger partial charge in [-0.05, 0) is 41.1 Å². The van der Waals surface area contributed by atoms with Gasteiger partial charge in [0.2, 0.25) is 10.0 Å². The van der Waals surface area contributed by atoms with Crippen molar-refractivity contribution in [2.45, 2.75) is 19.9 Å². The van der Waals surface area contributed by atoms with Crippen LogP contribution in [-0.4, -0.2) is 69.8 Å². The van der Waals surface area contributed by atoms with E-state index in [-0.39, 0.29) is 11.6 Å². The second-order valence-electron chi connectivity index (χ2n) is 5.97. The molecule has 2 heterocycles. The lowest BCUT2D eigenvalue weighted by molar-refractivity contribution is 0.177. The summed E-state index contributed by atoms with van der Waals surface area (Å²) in [6, 6.07) is 5.95. The summed E-state index contributed by atoms with van der Waals surface area (Å²) in [4.78, 5) is 2.11. The number of sulfonamides is 1. The Labute approximate surface area is 146 Å². The second-order valence-corrected chi connectivity index (χ2v) is 8.06. The summed E-state index contributed by atoms with van der Waals surface area (Å²) in [5.41, 5.74) is 0.686. The molecule has 8 nitrogen and oxygen atoms in total. The molecule has 0 saturated carbocycles. The molecule has 1 aromatic heterocycles. The highest BCUT2D eigenvalue weighted by Crippen LogP contribution is 2.14. The van der Waals surface area contributed by atoms with Gasteiger partial charge in [0, 0.05) is 26.2 Å². The van der Waals surface area contributed by atoms with E-state index < -0.39 is 10.0 Å². The largest absolute Gasteiger partial charge is 0.293 e. The molecule has 1 aromatic carbocycles. The number of benzene rings is 1. The predicted octanol–water partition coefficient (Wildman–Crippen LogP) is 0.659. The van der Waals surface area contributed by atoms with Gasteiger partial charge in [-0.3, -0.25) is 4.90 Å². The Morgan fingerprint density at radius 2 is 1.80 bits per heavy atom. The molecule has 0 amide bonds. The van der Waals surface area contributed by atoms with Crippen LogP contribution in [0.25, 0.3) is 5.69 Å². The molecule has 25 heavy (non-hydrogen) atoms. The summed E-state index contributed by atoms with van der Waals surface area (Å²) in [5.74, 6) is 0.509. The van der Waals surface area contributed by atoms with Crippen molar-refractivity contribution in [1.82, 2.24) is 29.4 Å². The summed E-state index contributed by atoms with van der Waals surface area (Å²) >= 11 is 0. The lowest BCUT2D eigenvalue weighted by atomic mass is 10.3. The Morgan fingerprint density at radius 3 is 2.44 bits per heavy atom. The van der Waals surface area contributed by atoms with Crippen LogP contribution in [0.1, 0.15) is 19.2 Å². The Balaban J connectivity index is 1.64. The van der Waals surface area contributed by atoms with Crippen LogP contribution in [0.2, 0.25) is 0 Å². The quantitative estimate of drug-likeness (QED) is 0.745. The van der Waals surface area contributed by atoms with Crippen LogP contribution in [0.5, 0.6) is 0 Å². The van der Waals surface area contributed by atoms with Gasteiger partial charge in [0.05, 0.1) is 18.0 Å². The first-order valence-corrected chi connectivity index (χ1v) is 9.84. The Kier molecular flexibility index (Phi) is 5.40. The van der Waals surface area contributed by atoms with Crippen LogP contribution >= 0.6 is 0 Å². The molecule has 0 aliphatic carbocycles. The second kappa shape index (κ2) is 7.54. The topological polar surface area (TPSA) is 84.2 Å². The standard InChI is InChI=1S/C15H21FN6O2S/c1-2-11-25(23,24)21-9-7-20(8-10-21)12-15-17-18-19-22(15)14-5-3-13(16)4-6-14/h3-6H,2,7-12H2,1H3. The van der Waals surface area contributed by atoms with Crippen molar-refractivity contribution in [2.24, 2.45) is 0 Å². The number of hydrogen-bond acceptors (Lipinski definition) is 6. The van der Waals surface area contributed by atoms with Gasteiger partial charge in [0.1, 0.15) is 5.82 Å². The third-order valence-electron chi connectivity index (χ3n) is 4.16. The number of piperazine rings is 1. The average molecular weight is 368 g/mol. The third-order valence-corrected chi connectivity index (χ3v) is 6.23. The van der Waals surface area contributed by atoms with Gasteiger partial charge >= 0.3 is 0 Å². The maximum absolute atomic E-state index is 13.1. The summed E-state index contributed by atoms with van der Waals surface area (Å²) < 4.78 is 40.4. The molecule has 3 rings (SSSR count). The maximum Gasteiger partial charge on any atom is 0.214 e. The fourth-order valence-corrected chi connectivity index (χ4v) is 4.33. The van der Waals surface area contributed by atoms with Crippen molar-refractivity contribution in [1.29, 1.82) is 0 Å². The molecule has 1 saturated heterocycles. The lowest BCUT2D eigenvalue weighted by Gasteiger charge is -2.33. The molecular weight excluding hydrogens is 347 g/mol. The van der Waals surface area contributed by atoms with Gasteiger partial charge in [0.15, 0.2) is 5.82 Å². The molecular formula is C15H21FN6O2S. The van der Waals surface area contributed by atoms with Crippen LogP contribution in [0.15, 0.2) is 24.3 Å². The minimum Gasteiger partial charge on any atom is -0.293 e. The number of halogens is 1. The van der Waals surface area contributed by atoms with Crippen LogP contribution in [0, 0.1) is 5.82 Å². The highest BCUT2D eigenvalue weighted by Gasteiger charge is 2.27. The first-order chi connectivity index (χ1) is 12.0. The minimum atomic E-state index is -3.15. The highest BCUT2D eigenvalue weighted by molar-refractivity contribution is 7.89. The molecule has 0 N–H and O–H groups in total. The van der Waals surface area contributed by atoms with E-state index in [9.17, 15) is 12.8 Å². The van der Waals surface area contributed by atoms with Gasteiger partial charge in [-0.15, -0.1) is 5.10 Å². The molecule has 1 aliphatic rings. The third kappa shape index (κ3) is 4.20. The van der Waals surface area contributed by atoms with Gasteiger partial charge in [-0.25, -0.2) is 12.8 Å². The number of hydrogen-bond donors (Lipinski definition) is 0. The Morgan fingerprint density at radius 1 is 1.12 bits per heavy atom. The molecule has 136 valence electrons. The van der Waals surface area contributed by atoms with Crippen LogP contribution in [-0.2, 0) is 16.6 Å².